The fourth-order valence-electron chi connectivity index (χ4n) is 3.37. The van der Waals surface area contributed by atoms with E-state index < -0.39 is 47.4 Å². The van der Waals surface area contributed by atoms with Gasteiger partial charge in [0, 0.05) is 0 Å². The number of hydrogen-bond donors (Lipinski definition) is 2. The van der Waals surface area contributed by atoms with Crippen LogP contribution in [0.5, 0.6) is 0 Å². The van der Waals surface area contributed by atoms with Crippen LogP contribution < -0.4 is 10.6 Å². The third-order valence-corrected chi connectivity index (χ3v) is 5.16. The van der Waals surface area contributed by atoms with Crippen molar-refractivity contribution in [2.24, 2.45) is 0 Å². The molecule has 158 valence electrons. The molecule has 1 unspecified atom stereocenters. The number of hydrogen-bond acceptors (Lipinski definition) is 3. The van der Waals surface area contributed by atoms with E-state index in [1.165, 1.54) is 13.0 Å². The topological polar surface area (TPSA) is 78.5 Å². The van der Waals surface area contributed by atoms with Crippen molar-refractivity contribution >= 4 is 35.1 Å². The maximum atomic E-state index is 13.2. The second-order valence-electron chi connectivity index (χ2n) is 6.97. The number of halogens is 4. The third-order valence-electron chi connectivity index (χ3n) is 4.84. The van der Waals surface area contributed by atoms with Crippen LogP contribution in [0, 0.1) is 6.92 Å². The zero-order valence-electron chi connectivity index (χ0n) is 15.9. The molecule has 2 aromatic rings. The Morgan fingerprint density at radius 3 is 2.47 bits per heavy atom. The molecular formula is C20H17ClF3N3O3. The lowest BCUT2D eigenvalue weighted by molar-refractivity contribution is -0.137. The number of anilines is 1. The van der Waals surface area contributed by atoms with Gasteiger partial charge < -0.3 is 10.6 Å². The minimum Gasteiger partial charge on any atom is -0.323 e. The zero-order chi connectivity index (χ0) is 22.3. The highest BCUT2D eigenvalue weighted by molar-refractivity contribution is 6.34. The van der Waals surface area contributed by atoms with Gasteiger partial charge in [0.25, 0.3) is 5.91 Å². The summed E-state index contributed by atoms with van der Waals surface area (Å²) in [6.45, 7) is 2.50. The minimum absolute atomic E-state index is 0.319. The predicted molar refractivity (Wildman–Crippen MR) is 104 cm³/mol. The summed E-state index contributed by atoms with van der Waals surface area (Å²) in [6, 6.07) is 9.17. The molecule has 1 atom stereocenters. The van der Waals surface area contributed by atoms with E-state index in [0.29, 0.717) is 10.5 Å². The lowest BCUT2D eigenvalue weighted by Gasteiger charge is -2.24. The number of alkyl halides is 3. The quantitative estimate of drug-likeness (QED) is 0.705. The fourth-order valence-corrected chi connectivity index (χ4v) is 3.59. The van der Waals surface area contributed by atoms with Crippen molar-refractivity contribution in [3.63, 3.8) is 0 Å². The molecule has 3 rings (SSSR count). The van der Waals surface area contributed by atoms with Gasteiger partial charge in [-0.3, -0.25) is 14.5 Å². The summed E-state index contributed by atoms with van der Waals surface area (Å²) in [4.78, 5) is 38.4. The highest BCUT2D eigenvalue weighted by atomic mass is 35.5. The molecule has 1 aliphatic rings. The molecule has 1 heterocycles. The summed E-state index contributed by atoms with van der Waals surface area (Å²) in [5, 5.41) is 4.30. The number of amides is 4. The Kier molecular flexibility index (Phi) is 5.51. The van der Waals surface area contributed by atoms with Crippen LogP contribution in [-0.4, -0.2) is 29.3 Å². The number of carbonyl (C=O) groups excluding carboxylic acids is 3. The SMILES string of the molecule is Cc1ccccc1C1(C)NC(=O)N(CC(=O)Nc2c(Cl)cccc2C(F)(F)F)C1=O. The van der Waals surface area contributed by atoms with E-state index in [2.05, 4.69) is 10.6 Å². The number of benzene rings is 2. The number of carbonyl (C=O) groups is 3. The summed E-state index contributed by atoms with van der Waals surface area (Å²) in [7, 11) is 0. The van der Waals surface area contributed by atoms with Gasteiger partial charge in [0.2, 0.25) is 5.91 Å². The van der Waals surface area contributed by atoms with Gasteiger partial charge in [-0.2, -0.15) is 13.2 Å². The first-order chi connectivity index (χ1) is 13.9. The number of para-hydroxylation sites is 1. The van der Waals surface area contributed by atoms with E-state index in [9.17, 15) is 27.6 Å². The first-order valence-electron chi connectivity index (χ1n) is 8.81. The number of rotatable bonds is 4. The van der Waals surface area contributed by atoms with Crippen LogP contribution in [0.4, 0.5) is 23.7 Å². The highest BCUT2D eigenvalue weighted by Crippen LogP contribution is 2.38. The molecule has 0 aliphatic carbocycles. The molecule has 0 aromatic heterocycles. The fraction of sp³-hybridized carbons (Fsp3) is 0.250. The molecule has 6 nitrogen and oxygen atoms in total. The Bertz CT molecular complexity index is 1040. The molecular weight excluding hydrogens is 423 g/mol. The van der Waals surface area contributed by atoms with E-state index in [0.717, 1.165) is 17.7 Å². The molecule has 0 bridgehead atoms. The maximum absolute atomic E-state index is 13.2. The smallest absolute Gasteiger partial charge is 0.323 e. The lowest BCUT2D eigenvalue weighted by Crippen LogP contribution is -2.42. The first-order valence-corrected chi connectivity index (χ1v) is 9.18. The van der Waals surface area contributed by atoms with Crippen LogP contribution >= 0.6 is 11.6 Å². The van der Waals surface area contributed by atoms with Crippen molar-refractivity contribution in [1.82, 2.24) is 10.2 Å². The van der Waals surface area contributed by atoms with E-state index in [4.69, 9.17) is 11.6 Å². The first kappa shape index (κ1) is 21.6. The second-order valence-corrected chi connectivity index (χ2v) is 7.38. The molecule has 1 aliphatic heterocycles. The Labute approximate surface area is 175 Å². The molecule has 4 amide bonds. The number of imide groups is 1. The second kappa shape index (κ2) is 7.64. The van der Waals surface area contributed by atoms with Crippen LogP contribution in [0.3, 0.4) is 0 Å². The van der Waals surface area contributed by atoms with Crippen molar-refractivity contribution in [3.05, 3.63) is 64.2 Å². The predicted octanol–water partition coefficient (Wildman–Crippen LogP) is 4.07. The number of nitrogens with one attached hydrogen (secondary N) is 2. The van der Waals surface area contributed by atoms with Crippen molar-refractivity contribution < 1.29 is 27.6 Å². The van der Waals surface area contributed by atoms with Gasteiger partial charge >= 0.3 is 12.2 Å². The van der Waals surface area contributed by atoms with Crippen LogP contribution in [-0.2, 0) is 21.3 Å². The molecule has 1 saturated heterocycles. The standard InChI is InChI=1S/C20H17ClF3N3O3/c1-11-6-3-4-7-12(11)19(2)17(29)27(18(30)26-19)10-15(28)25-16-13(20(22,23)24)8-5-9-14(16)21/h3-9H,10H2,1-2H3,(H,25,28)(H,26,30). The van der Waals surface area contributed by atoms with Crippen LogP contribution in [0.2, 0.25) is 5.02 Å². The summed E-state index contributed by atoms with van der Waals surface area (Å²) in [5.41, 5.74) is -1.86. The molecule has 10 heteroatoms. The average Bonchev–Trinajstić information content (AvgIpc) is 2.86. The van der Waals surface area contributed by atoms with E-state index in [1.807, 2.05) is 0 Å². The summed E-state index contributed by atoms with van der Waals surface area (Å²) in [5.74, 6) is -1.68. The molecule has 0 saturated carbocycles. The van der Waals surface area contributed by atoms with Gasteiger partial charge in [-0.25, -0.2) is 4.79 Å². The molecule has 0 radical (unpaired) electrons. The van der Waals surface area contributed by atoms with Crippen LogP contribution in [0.15, 0.2) is 42.5 Å². The van der Waals surface area contributed by atoms with Gasteiger partial charge in [0.05, 0.1) is 16.3 Å². The van der Waals surface area contributed by atoms with Crippen molar-refractivity contribution in [3.8, 4) is 0 Å². The molecule has 1 fully saturated rings. The van der Waals surface area contributed by atoms with Gasteiger partial charge in [-0.05, 0) is 37.1 Å². The minimum atomic E-state index is -4.75. The Hall–Kier alpha value is -3.07. The zero-order valence-corrected chi connectivity index (χ0v) is 16.7. The van der Waals surface area contributed by atoms with Gasteiger partial charge in [-0.1, -0.05) is 41.9 Å². The summed E-state index contributed by atoms with van der Waals surface area (Å²) in [6.07, 6.45) is -4.75. The van der Waals surface area contributed by atoms with Crippen molar-refractivity contribution in [2.75, 3.05) is 11.9 Å². The Morgan fingerprint density at radius 1 is 1.17 bits per heavy atom. The van der Waals surface area contributed by atoms with E-state index >= 15 is 0 Å². The molecule has 30 heavy (non-hydrogen) atoms. The van der Waals surface area contributed by atoms with Crippen LogP contribution in [0.1, 0.15) is 23.6 Å². The summed E-state index contributed by atoms with van der Waals surface area (Å²) < 4.78 is 39.6. The number of nitrogens with zero attached hydrogens (tertiary/aromatic N) is 1. The van der Waals surface area contributed by atoms with E-state index in [1.54, 1.807) is 31.2 Å². The van der Waals surface area contributed by atoms with Crippen LogP contribution in [0.25, 0.3) is 0 Å². The van der Waals surface area contributed by atoms with Gasteiger partial charge in [-0.15, -0.1) is 0 Å². The Morgan fingerprint density at radius 2 is 1.83 bits per heavy atom. The van der Waals surface area contributed by atoms with Gasteiger partial charge in [0.1, 0.15) is 12.1 Å². The normalized spacial score (nSPS) is 19.1. The Balaban J connectivity index is 1.83. The largest absolute Gasteiger partial charge is 0.418 e. The molecule has 2 aromatic carbocycles. The number of urea groups is 1. The van der Waals surface area contributed by atoms with Crippen molar-refractivity contribution in [2.45, 2.75) is 25.6 Å². The van der Waals surface area contributed by atoms with Crippen molar-refractivity contribution in [1.29, 1.82) is 0 Å². The summed E-state index contributed by atoms with van der Waals surface area (Å²) >= 11 is 5.82. The van der Waals surface area contributed by atoms with Gasteiger partial charge in [0.15, 0.2) is 0 Å². The monoisotopic (exact) mass is 439 g/mol. The average molecular weight is 440 g/mol. The highest BCUT2D eigenvalue weighted by Gasteiger charge is 2.50. The third kappa shape index (κ3) is 3.85. The lowest BCUT2D eigenvalue weighted by atomic mass is 9.88. The van der Waals surface area contributed by atoms with E-state index in [-0.39, 0.29) is 5.02 Å². The number of aryl methyl sites for hydroxylation is 1. The molecule has 0 spiro atoms. The maximum Gasteiger partial charge on any atom is 0.418 e. The molecule has 2 N–H and O–H groups in total.